The number of furan rings is 2. The maximum absolute atomic E-state index is 10.4. The Bertz CT molecular complexity index is 533. The zero-order valence-corrected chi connectivity index (χ0v) is 14.2. The summed E-state index contributed by atoms with van der Waals surface area (Å²) in [5.41, 5.74) is 11.0. The van der Waals surface area contributed by atoms with Crippen LogP contribution in [-0.2, 0) is 17.6 Å². The molecule has 0 aliphatic carbocycles. The first kappa shape index (κ1) is 20.0. The molecular formula is C18H28N2O4. The minimum absolute atomic E-state index is 0.0383. The molecule has 0 spiro atoms. The summed E-state index contributed by atoms with van der Waals surface area (Å²) in [5, 5.41) is 8.56. The van der Waals surface area contributed by atoms with Crippen LogP contribution in [0.2, 0.25) is 0 Å². The molecule has 6 nitrogen and oxygen atoms in total. The van der Waals surface area contributed by atoms with Crippen molar-refractivity contribution in [3.63, 3.8) is 0 Å². The average molecular weight is 336 g/mol. The molecule has 0 saturated carbocycles. The molecule has 2 unspecified atom stereocenters. The molecule has 2 heterocycles. The summed E-state index contributed by atoms with van der Waals surface area (Å²) in [5.74, 6) is 1.55. The van der Waals surface area contributed by atoms with Gasteiger partial charge in [-0.2, -0.15) is 0 Å². The molecule has 0 saturated heterocycles. The maximum atomic E-state index is 10.4. The van der Waals surface area contributed by atoms with Crippen molar-refractivity contribution in [3.8, 4) is 0 Å². The second kappa shape index (κ2) is 11.5. The standard InChI is InChI=1S/C9H13NO3.C9H15NO/c10-6-7(5-9(11)12)4-8-2-1-3-13-8;1-2-8(7-10)6-9-4-3-5-11-9/h1-3,7H,4-6,10H2,(H,11,12);3-5,8H,2,6-7,10H2,1H3. The fraction of sp³-hybridized carbons (Fsp3) is 0.500. The highest BCUT2D eigenvalue weighted by molar-refractivity contribution is 5.67. The van der Waals surface area contributed by atoms with E-state index in [2.05, 4.69) is 6.92 Å². The van der Waals surface area contributed by atoms with Gasteiger partial charge >= 0.3 is 5.97 Å². The Morgan fingerprint density at radius 1 is 1.04 bits per heavy atom. The number of rotatable bonds is 9. The van der Waals surface area contributed by atoms with Crippen molar-refractivity contribution < 1.29 is 18.7 Å². The molecule has 5 N–H and O–H groups in total. The molecule has 2 aromatic rings. The Morgan fingerprint density at radius 3 is 1.88 bits per heavy atom. The molecule has 0 radical (unpaired) electrons. The van der Waals surface area contributed by atoms with Crippen molar-refractivity contribution in [2.45, 2.75) is 32.6 Å². The van der Waals surface area contributed by atoms with Crippen molar-refractivity contribution in [1.29, 1.82) is 0 Å². The Labute approximate surface area is 142 Å². The summed E-state index contributed by atoms with van der Waals surface area (Å²) < 4.78 is 10.3. The van der Waals surface area contributed by atoms with Gasteiger partial charge in [0.25, 0.3) is 0 Å². The first-order valence-corrected chi connectivity index (χ1v) is 8.25. The van der Waals surface area contributed by atoms with Gasteiger partial charge < -0.3 is 25.4 Å². The first-order valence-electron chi connectivity index (χ1n) is 8.25. The smallest absolute Gasteiger partial charge is 0.303 e. The first-order chi connectivity index (χ1) is 11.6. The van der Waals surface area contributed by atoms with E-state index in [9.17, 15) is 4.79 Å². The third-order valence-corrected chi connectivity index (χ3v) is 3.85. The molecule has 0 bridgehead atoms. The monoisotopic (exact) mass is 336 g/mol. The zero-order chi connectivity index (χ0) is 17.8. The minimum atomic E-state index is -0.818. The molecule has 6 heteroatoms. The number of carbonyl (C=O) groups is 1. The Hall–Kier alpha value is -2.05. The lowest BCUT2D eigenvalue weighted by atomic mass is 10.0. The number of carboxylic acids is 1. The van der Waals surface area contributed by atoms with Crippen LogP contribution < -0.4 is 11.5 Å². The molecule has 0 aromatic carbocycles. The summed E-state index contributed by atoms with van der Waals surface area (Å²) in [6.45, 7) is 3.27. The van der Waals surface area contributed by atoms with Gasteiger partial charge in [-0.25, -0.2) is 0 Å². The summed E-state index contributed by atoms with van der Waals surface area (Å²) >= 11 is 0. The topological polar surface area (TPSA) is 116 Å². The van der Waals surface area contributed by atoms with E-state index in [4.69, 9.17) is 25.4 Å². The van der Waals surface area contributed by atoms with E-state index in [1.807, 2.05) is 18.2 Å². The van der Waals surface area contributed by atoms with Crippen LogP contribution >= 0.6 is 0 Å². The van der Waals surface area contributed by atoms with Crippen LogP contribution in [0.3, 0.4) is 0 Å². The van der Waals surface area contributed by atoms with Gasteiger partial charge in [-0.1, -0.05) is 13.3 Å². The van der Waals surface area contributed by atoms with Crippen LogP contribution in [0, 0.1) is 11.8 Å². The second-order valence-electron chi connectivity index (χ2n) is 5.78. The van der Waals surface area contributed by atoms with Crippen LogP contribution in [0.25, 0.3) is 0 Å². The third kappa shape index (κ3) is 7.99. The van der Waals surface area contributed by atoms with Gasteiger partial charge in [0.1, 0.15) is 11.5 Å². The molecular weight excluding hydrogens is 308 g/mol. The van der Waals surface area contributed by atoms with E-state index in [-0.39, 0.29) is 12.3 Å². The number of hydrogen-bond donors (Lipinski definition) is 3. The van der Waals surface area contributed by atoms with Gasteiger partial charge in [0.05, 0.1) is 12.5 Å². The van der Waals surface area contributed by atoms with Gasteiger partial charge in [-0.3, -0.25) is 4.79 Å². The van der Waals surface area contributed by atoms with Gasteiger partial charge in [0, 0.05) is 19.3 Å². The SMILES string of the molecule is CCC(CN)Cc1ccco1.NCC(CC(=O)O)Cc1ccco1. The third-order valence-electron chi connectivity index (χ3n) is 3.85. The minimum Gasteiger partial charge on any atom is -0.481 e. The highest BCUT2D eigenvalue weighted by Crippen LogP contribution is 2.12. The second-order valence-corrected chi connectivity index (χ2v) is 5.78. The van der Waals surface area contributed by atoms with Crippen LogP contribution in [0.4, 0.5) is 0 Å². The molecule has 0 amide bonds. The molecule has 2 rings (SSSR count). The van der Waals surface area contributed by atoms with Crippen molar-refractivity contribution in [1.82, 2.24) is 0 Å². The number of hydrogen-bond acceptors (Lipinski definition) is 5. The Balaban J connectivity index is 0.000000243. The molecule has 0 fully saturated rings. The molecule has 2 aromatic heterocycles. The fourth-order valence-corrected chi connectivity index (χ4v) is 2.31. The number of aliphatic carboxylic acids is 1. The normalized spacial score (nSPS) is 13.0. The summed E-state index contributed by atoms with van der Waals surface area (Å²) in [6.07, 6.45) is 6.06. The van der Waals surface area contributed by atoms with Crippen molar-refractivity contribution >= 4 is 5.97 Å². The van der Waals surface area contributed by atoms with E-state index < -0.39 is 5.97 Å². The summed E-state index contributed by atoms with van der Waals surface area (Å²) in [4.78, 5) is 10.4. The molecule has 2 atom stereocenters. The van der Waals surface area contributed by atoms with E-state index in [1.54, 1.807) is 18.6 Å². The van der Waals surface area contributed by atoms with E-state index in [0.717, 1.165) is 30.9 Å². The lowest BCUT2D eigenvalue weighted by molar-refractivity contribution is -0.138. The largest absolute Gasteiger partial charge is 0.481 e. The Morgan fingerprint density at radius 2 is 1.54 bits per heavy atom. The zero-order valence-electron chi connectivity index (χ0n) is 14.2. The van der Waals surface area contributed by atoms with Crippen LogP contribution in [0.5, 0.6) is 0 Å². The van der Waals surface area contributed by atoms with Crippen molar-refractivity contribution in [2.75, 3.05) is 13.1 Å². The maximum Gasteiger partial charge on any atom is 0.303 e. The highest BCUT2D eigenvalue weighted by Gasteiger charge is 2.13. The predicted molar refractivity (Wildman–Crippen MR) is 92.5 cm³/mol. The quantitative estimate of drug-likeness (QED) is 0.648. The number of nitrogens with two attached hydrogens (primary N) is 2. The molecule has 0 aliphatic rings. The summed E-state index contributed by atoms with van der Waals surface area (Å²) in [7, 11) is 0. The fourth-order valence-electron chi connectivity index (χ4n) is 2.31. The van der Waals surface area contributed by atoms with E-state index >= 15 is 0 Å². The summed E-state index contributed by atoms with van der Waals surface area (Å²) in [6, 6.07) is 7.52. The molecule has 0 aliphatic heterocycles. The van der Waals surface area contributed by atoms with Crippen LogP contribution in [0.15, 0.2) is 45.6 Å². The van der Waals surface area contributed by atoms with Gasteiger partial charge in [0.2, 0.25) is 0 Å². The number of carboxylic acid groups (broad SMARTS) is 1. The van der Waals surface area contributed by atoms with Gasteiger partial charge in [-0.15, -0.1) is 0 Å². The van der Waals surface area contributed by atoms with Gasteiger partial charge in [-0.05, 0) is 49.2 Å². The molecule has 134 valence electrons. The van der Waals surface area contributed by atoms with Gasteiger partial charge in [0.15, 0.2) is 0 Å². The van der Waals surface area contributed by atoms with Crippen molar-refractivity contribution in [2.24, 2.45) is 23.3 Å². The predicted octanol–water partition coefficient (Wildman–Crippen LogP) is 2.68. The average Bonchev–Trinajstić information content (AvgIpc) is 3.25. The van der Waals surface area contributed by atoms with Crippen molar-refractivity contribution in [3.05, 3.63) is 48.3 Å². The van der Waals surface area contributed by atoms with E-state index in [1.165, 1.54) is 0 Å². The van der Waals surface area contributed by atoms with E-state index in [0.29, 0.717) is 18.9 Å². The lowest BCUT2D eigenvalue weighted by Gasteiger charge is -2.09. The highest BCUT2D eigenvalue weighted by atomic mass is 16.4. The van der Waals surface area contributed by atoms with Crippen LogP contribution in [-0.4, -0.2) is 24.2 Å². The lowest BCUT2D eigenvalue weighted by Crippen LogP contribution is -2.20. The van der Waals surface area contributed by atoms with Crippen LogP contribution in [0.1, 0.15) is 31.3 Å². The molecule has 24 heavy (non-hydrogen) atoms. The Kier molecular flexibility index (Phi) is 9.56.